The first-order chi connectivity index (χ1) is 8.20. The molecule has 4 nitrogen and oxygen atoms in total. The summed E-state index contributed by atoms with van der Waals surface area (Å²) in [5.41, 5.74) is 2.16. The SMILES string of the molecule is Cn1c(C2CCC2)c(C(=O)O)c2cccnc21. The summed E-state index contributed by atoms with van der Waals surface area (Å²) in [5, 5.41) is 10.2. The fourth-order valence-electron chi connectivity index (χ4n) is 2.66. The Morgan fingerprint density at radius 3 is 2.88 bits per heavy atom. The molecule has 0 radical (unpaired) electrons. The van der Waals surface area contributed by atoms with Crippen molar-refractivity contribution >= 4 is 17.0 Å². The molecule has 2 aromatic rings. The lowest BCUT2D eigenvalue weighted by atomic mass is 9.81. The van der Waals surface area contributed by atoms with Crippen molar-refractivity contribution in [2.75, 3.05) is 0 Å². The smallest absolute Gasteiger partial charge is 0.338 e. The van der Waals surface area contributed by atoms with Gasteiger partial charge in [-0.05, 0) is 25.0 Å². The molecule has 1 N–H and O–H groups in total. The van der Waals surface area contributed by atoms with Gasteiger partial charge in [0, 0.05) is 30.2 Å². The van der Waals surface area contributed by atoms with Crippen LogP contribution in [0.1, 0.15) is 41.2 Å². The van der Waals surface area contributed by atoms with Gasteiger partial charge in [-0.3, -0.25) is 0 Å². The summed E-state index contributed by atoms with van der Waals surface area (Å²) < 4.78 is 1.95. The van der Waals surface area contributed by atoms with Gasteiger partial charge in [0.05, 0.1) is 5.56 Å². The van der Waals surface area contributed by atoms with E-state index in [0.29, 0.717) is 11.5 Å². The van der Waals surface area contributed by atoms with Crippen LogP contribution in [0.5, 0.6) is 0 Å². The quantitative estimate of drug-likeness (QED) is 0.862. The van der Waals surface area contributed by atoms with Gasteiger partial charge in [-0.2, -0.15) is 0 Å². The number of fused-ring (bicyclic) bond motifs is 1. The van der Waals surface area contributed by atoms with Gasteiger partial charge in [-0.15, -0.1) is 0 Å². The summed E-state index contributed by atoms with van der Waals surface area (Å²) in [5.74, 6) is -0.453. The number of rotatable bonds is 2. The van der Waals surface area contributed by atoms with E-state index in [-0.39, 0.29) is 0 Å². The van der Waals surface area contributed by atoms with E-state index in [9.17, 15) is 9.90 Å². The molecule has 0 bridgehead atoms. The van der Waals surface area contributed by atoms with Crippen LogP contribution >= 0.6 is 0 Å². The first-order valence-electron chi connectivity index (χ1n) is 5.86. The highest BCUT2D eigenvalue weighted by atomic mass is 16.4. The molecule has 0 aromatic carbocycles. The van der Waals surface area contributed by atoms with Gasteiger partial charge in [0.2, 0.25) is 0 Å². The average Bonchev–Trinajstić information content (AvgIpc) is 2.51. The van der Waals surface area contributed by atoms with Gasteiger partial charge in [0.25, 0.3) is 0 Å². The predicted octanol–water partition coefficient (Wildman–Crippen LogP) is 2.54. The van der Waals surface area contributed by atoms with Crippen LogP contribution in [-0.4, -0.2) is 20.6 Å². The standard InChI is InChI=1S/C13H14N2O2/c1-15-11(8-4-2-5-8)10(13(16)17)9-6-3-7-14-12(9)15/h3,6-8H,2,4-5H2,1H3,(H,16,17). The second-order valence-corrected chi connectivity index (χ2v) is 4.63. The van der Waals surface area contributed by atoms with E-state index in [0.717, 1.165) is 29.6 Å². The van der Waals surface area contributed by atoms with Crippen molar-refractivity contribution in [3.05, 3.63) is 29.6 Å². The minimum atomic E-state index is -0.842. The molecule has 0 amide bonds. The summed E-state index contributed by atoms with van der Waals surface area (Å²) in [6.07, 6.45) is 5.08. The van der Waals surface area contributed by atoms with Crippen molar-refractivity contribution in [2.24, 2.45) is 7.05 Å². The Labute approximate surface area is 98.9 Å². The van der Waals surface area contributed by atoms with E-state index in [1.54, 1.807) is 12.3 Å². The molecule has 0 atom stereocenters. The Morgan fingerprint density at radius 2 is 2.29 bits per heavy atom. The highest BCUT2D eigenvalue weighted by molar-refractivity contribution is 6.04. The number of carboxylic acid groups (broad SMARTS) is 1. The van der Waals surface area contributed by atoms with E-state index in [1.165, 1.54) is 6.42 Å². The van der Waals surface area contributed by atoms with E-state index in [2.05, 4.69) is 4.98 Å². The van der Waals surface area contributed by atoms with Crippen molar-refractivity contribution in [2.45, 2.75) is 25.2 Å². The maximum absolute atomic E-state index is 11.5. The first kappa shape index (κ1) is 10.3. The van der Waals surface area contributed by atoms with Crippen LogP contribution < -0.4 is 0 Å². The third-order valence-electron chi connectivity index (χ3n) is 3.70. The number of carbonyl (C=O) groups is 1. The maximum Gasteiger partial charge on any atom is 0.338 e. The topological polar surface area (TPSA) is 55.1 Å². The first-order valence-corrected chi connectivity index (χ1v) is 5.86. The molecular formula is C13H14N2O2. The van der Waals surface area contributed by atoms with E-state index in [4.69, 9.17) is 0 Å². The Bertz CT molecular complexity index is 597. The van der Waals surface area contributed by atoms with Crippen LogP contribution in [0.2, 0.25) is 0 Å². The van der Waals surface area contributed by atoms with E-state index < -0.39 is 5.97 Å². The monoisotopic (exact) mass is 230 g/mol. The number of aromatic carboxylic acids is 1. The van der Waals surface area contributed by atoms with Crippen LogP contribution in [0.3, 0.4) is 0 Å². The largest absolute Gasteiger partial charge is 0.478 e. The third-order valence-corrected chi connectivity index (χ3v) is 3.70. The number of hydrogen-bond acceptors (Lipinski definition) is 2. The number of hydrogen-bond donors (Lipinski definition) is 1. The lowest BCUT2D eigenvalue weighted by molar-refractivity contribution is 0.0696. The molecule has 2 heterocycles. The van der Waals surface area contributed by atoms with Gasteiger partial charge in [0.15, 0.2) is 0 Å². The lowest BCUT2D eigenvalue weighted by Gasteiger charge is -2.26. The fraction of sp³-hybridized carbons (Fsp3) is 0.385. The number of carboxylic acids is 1. The Kier molecular flexibility index (Phi) is 2.18. The molecule has 1 aliphatic carbocycles. The van der Waals surface area contributed by atoms with Gasteiger partial charge < -0.3 is 9.67 Å². The zero-order valence-corrected chi connectivity index (χ0v) is 9.68. The zero-order valence-electron chi connectivity index (χ0n) is 9.68. The molecule has 1 saturated carbocycles. The summed E-state index contributed by atoms with van der Waals surface area (Å²) in [7, 11) is 1.91. The van der Waals surface area contributed by atoms with Crippen LogP contribution in [0.4, 0.5) is 0 Å². The van der Waals surface area contributed by atoms with Crippen molar-refractivity contribution in [1.29, 1.82) is 0 Å². The Hall–Kier alpha value is -1.84. The second kappa shape index (κ2) is 3.58. The van der Waals surface area contributed by atoms with E-state index in [1.807, 2.05) is 17.7 Å². The van der Waals surface area contributed by atoms with Crippen molar-refractivity contribution in [3.8, 4) is 0 Å². The van der Waals surface area contributed by atoms with Crippen LogP contribution in [-0.2, 0) is 7.05 Å². The molecule has 17 heavy (non-hydrogen) atoms. The van der Waals surface area contributed by atoms with E-state index >= 15 is 0 Å². The predicted molar refractivity (Wildman–Crippen MR) is 64.3 cm³/mol. The van der Waals surface area contributed by atoms with Crippen LogP contribution in [0.25, 0.3) is 11.0 Å². The molecule has 0 saturated heterocycles. The minimum absolute atomic E-state index is 0.389. The fourth-order valence-corrected chi connectivity index (χ4v) is 2.66. The summed E-state index contributed by atoms with van der Waals surface area (Å²) >= 11 is 0. The Morgan fingerprint density at radius 1 is 1.53 bits per heavy atom. The molecule has 3 rings (SSSR count). The van der Waals surface area contributed by atoms with Crippen molar-refractivity contribution in [1.82, 2.24) is 9.55 Å². The maximum atomic E-state index is 11.5. The highest BCUT2D eigenvalue weighted by Gasteiger charge is 2.30. The molecule has 2 aromatic heterocycles. The number of aryl methyl sites for hydroxylation is 1. The summed E-state index contributed by atoms with van der Waals surface area (Å²) in [6.45, 7) is 0. The van der Waals surface area contributed by atoms with Gasteiger partial charge >= 0.3 is 5.97 Å². The van der Waals surface area contributed by atoms with Crippen molar-refractivity contribution in [3.63, 3.8) is 0 Å². The third kappa shape index (κ3) is 1.37. The van der Waals surface area contributed by atoms with Crippen LogP contribution in [0.15, 0.2) is 18.3 Å². The second-order valence-electron chi connectivity index (χ2n) is 4.63. The van der Waals surface area contributed by atoms with Crippen LogP contribution in [0, 0.1) is 0 Å². The minimum Gasteiger partial charge on any atom is -0.478 e. The number of aromatic nitrogens is 2. The molecule has 0 spiro atoms. The average molecular weight is 230 g/mol. The van der Waals surface area contributed by atoms with Gasteiger partial charge in [0.1, 0.15) is 5.65 Å². The molecule has 1 aliphatic rings. The normalized spacial score (nSPS) is 16.1. The zero-order chi connectivity index (χ0) is 12.0. The molecule has 0 aliphatic heterocycles. The van der Waals surface area contributed by atoms with Gasteiger partial charge in [-0.25, -0.2) is 9.78 Å². The molecule has 4 heteroatoms. The molecule has 0 unspecified atom stereocenters. The highest BCUT2D eigenvalue weighted by Crippen LogP contribution is 2.40. The molecule has 88 valence electrons. The summed E-state index contributed by atoms with van der Waals surface area (Å²) in [6, 6.07) is 3.63. The summed E-state index contributed by atoms with van der Waals surface area (Å²) in [4.78, 5) is 15.7. The lowest BCUT2D eigenvalue weighted by Crippen LogP contribution is -2.16. The molecular weight excluding hydrogens is 216 g/mol. The number of pyridine rings is 1. The number of nitrogens with zero attached hydrogens (tertiary/aromatic N) is 2. The van der Waals surface area contributed by atoms with Crippen molar-refractivity contribution < 1.29 is 9.90 Å². The van der Waals surface area contributed by atoms with Gasteiger partial charge in [-0.1, -0.05) is 6.42 Å². The Balaban J connectivity index is 2.34. The molecule has 1 fully saturated rings.